The smallest absolute Gasteiger partial charge is 0.275 e. The van der Waals surface area contributed by atoms with Gasteiger partial charge in [-0.3, -0.25) is 9.36 Å². The van der Waals surface area contributed by atoms with Gasteiger partial charge in [0.15, 0.2) is 5.75 Å². The average Bonchev–Trinajstić information content (AvgIpc) is 3.04. The predicted octanol–water partition coefficient (Wildman–Crippen LogP) is 3.17. The van der Waals surface area contributed by atoms with Gasteiger partial charge in [-0.1, -0.05) is 6.58 Å². The summed E-state index contributed by atoms with van der Waals surface area (Å²) in [6, 6.07) is 7.03. The number of fused-ring (bicyclic) bond motifs is 3. The SMILES string of the molecule is C=COc1cc(-n2cnc3c(sc4nccc(N(C)C)c43)c2=O)ccc1N. The molecule has 0 aliphatic rings. The minimum Gasteiger partial charge on any atom is -0.463 e. The van der Waals surface area contributed by atoms with Crippen LogP contribution in [0.1, 0.15) is 0 Å². The van der Waals surface area contributed by atoms with E-state index in [0.29, 0.717) is 27.3 Å². The van der Waals surface area contributed by atoms with E-state index in [2.05, 4.69) is 16.5 Å². The van der Waals surface area contributed by atoms with Crippen LogP contribution in [0.4, 0.5) is 11.4 Å². The molecule has 136 valence electrons. The number of nitrogen functional groups attached to an aromatic ring is 1. The van der Waals surface area contributed by atoms with Gasteiger partial charge in [0.2, 0.25) is 0 Å². The molecule has 3 heterocycles. The number of rotatable bonds is 4. The third kappa shape index (κ3) is 2.70. The fraction of sp³-hybridized carbons (Fsp3) is 0.105. The van der Waals surface area contributed by atoms with Crippen molar-refractivity contribution in [3.8, 4) is 11.4 Å². The summed E-state index contributed by atoms with van der Waals surface area (Å²) in [5, 5.41) is 0.889. The molecule has 0 aliphatic heterocycles. The Morgan fingerprint density at radius 1 is 1.30 bits per heavy atom. The van der Waals surface area contributed by atoms with Crippen molar-refractivity contribution in [2.75, 3.05) is 24.7 Å². The highest BCUT2D eigenvalue weighted by Crippen LogP contribution is 2.35. The van der Waals surface area contributed by atoms with Crippen LogP contribution >= 0.6 is 11.3 Å². The molecule has 4 rings (SSSR count). The van der Waals surface area contributed by atoms with E-state index in [9.17, 15) is 4.79 Å². The second kappa shape index (κ2) is 6.40. The molecule has 0 atom stereocenters. The topological polar surface area (TPSA) is 86.3 Å². The zero-order chi connectivity index (χ0) is 19.1. The number of thiophene rings is 1. The summed E-state index contributed by atoms with van der Waals surface area (Å²) < 4.78 is 7.33. The van der Waals surface area contributed by atoms with Gasteiger partial charge in [-0.2, -0.15) is 0 Å². The van der Waals surface area contributed by atoms with E-state index in [0.717, 1.165) is 15.9 Å². The van der Waals surface area contributed by atoms with Crippen LogP contribution < -0.4 is 20.9 Å². The first-order chi connectivity index (χ1) is 13.0. The minimum absolute atomic E-state index is 0.165. The highest BCUT2D eigenvalue weighted by atomic mass is 32.1. The van der Waals surface area contributed by atoms with Crippen molar-refractivity contribution in [2.45, 2.75) is 0 Å². The van der Waals surface area contributed by atoms with E-state index in [1.807, 2.05) is 25.1 Å². The number of aromatic nitrogens is 3. The predicted molar refractivity (Wildman–Crippen MR) is 110 cm³/mol. The molecule has 0 saturated heterocycles. The summed E-state index contributed by atoms with van der Waals surface area (Å²) in [6.45, 7) is 3.54. The molecular weight excluding hydrogens is 362 g/mol. The molecule has 0 saturated carbocycles. The maximum absolute atomic E-state index is 13.1. The van der Waals surface area contributed by atoms with E-state index in [1.165, 1.54) is 28.5 Å². The minimum atomic E-state index is -0.165. The number of anilines is 2. The summed E-state index contributed by atoms with van der Waals surface area (Å²) in [4.78, 5) is 24.9. The summed E-state index contributed by atoms with van der Waals surface area (Å²) in [6.07, 6.45) is 4.55. The maximum Gasteiger partial charge on any atom is 0.275 e. The van der Waals surface area contributed by atoms with Crippen LogP contribution in [0.25, 0.3) is 26.1 Å². The van der Waals surface area contributed by atoms with Gasteiger partial charge in [-0.15, -0.1) is 11.3 Å². The molecule has 0 unspecified atom stereocenters. The van der Waals surface area contributed by atoms with E-state index in [1.54, 1.807) is 24.4 Å². The summed E-state index contributed by atoms with van der Waals surface area (Å²) in [5.41, 5.74) is 8.43. The normalized spacial score (nSPS) is 11.0. The summed E-state index contributed by atoms with van der Waals surface area (Å²) in [7, 11) is 3.91. The molecule has 8 heteroatoms. The lowest BCUT2D eigenvalue weighted by Crippen LogP contribution is -2.18. The molecule has 0 amide bonds. The molecule has 0 aliphatic carbocycles. The zero-order valence-electron chi connectivity index (χ0n) is 14.8. The first kappa shape index (κ1) is 17.0. The number of ether oxygens (including phenoxy) is 1. The van der Waals surface area contributed by atoms with Crippen LogP contribution in [0.3, 0.4) is 0 Å². The van der Waals surface area contributed by atoms with Gasteiger partial charge in [0, 0.05) is 26.4 Å². The molecule has 27 heavy (non-hydrogen) atoms. The fourth-order valence-corrected chi connectivity index (χ4v) is 4.01. The third-order valence-electron chi connectivity index (χ3n) is 4.23. The second-order valence-electron chi connectivity index (χ2n) is 6.11. The lowest BCUT2D eigenvalue weighted by atomic mass is 10.2. The van der Waals surface area contributed by atoms with Crippen molar-refractivity contribution < 1.29 is 4.74 Å². The number of nitrogens with zero attached hydrogens (tertiary/aromatic N) is 4. The van der Waals surface area contributed by atoms with E-state index < -0.39 is 0 Å². The Kier molecular flexibility index (Phi) is 4.04. The molecule has 0 bridgehead atoms. The van der Waals surface area contributed by atoms with Crippen molar-refractivity contribution in [3.63, 3.8) is 0 Å². The van der Waals surface area contributed by atoms with Gasteiger partial charge >= 0.3 is 0 Å². The Labute approximate surface area is 159 Å². The molecule has 4 aromatic rings. The highest BCUT2D eigenvalue weighted by Gasteiger charge is 2.17. The Morgan fingerprint density at radius 3 is 2.85 bits per heavy atom. The number of nitrogens with two attached hydrogens (primary N) is 1. The van der Waals surface area contributed by atoms with Crippen LogP contribution in [0.2, 0.25) is 0 Å². The van der Waals surface area contributed by atoms with Crippen LogP contribution in [0.15, 0.2) is 54.4 Å². The second-order valence-corrected chi connectivity index (χ2v) is 7.11. The number of pyridine rings is 1. The van der Waals surface area contributed by atoms with Crippen molar-refractivity contribution in [2.24, 2.45) is 0 Å². The van der Waals surface area contributed by atoms with Crippen LogP contribution in [-0.2, 0) is 0 Å². The largest absolute Gasteiger partial charge is 0.463 e. The lowest BCUT2D eigenvalue weighted by Gasteiger charge is -2.13. The van der Waals surface area contributed by atoms with Crippen LogP contribution in [-0.4, -0.2) is 28.6 Å². The van der Waals surface area contributed by atoms with E-state index in [-0.39, 0.29) is 5.56 Å². The van der Waals surface area contributed by atoms with Gasteiger partial charge < -0.3 is 15.4 Å². The molecule has 2 N–H and O–H groups in total. The number of hydrogen-bond donors (Lipinski definition) is 1. The van der Waals surface area contributed by atoms with E-state index >= 15 is 0 Å². The van der Waals surface area contributed by atoms with E-state index in [4.69, 9.17) is 10.5 Å². The Balaban J connectivity index is 1.98. The number of hydrogen-bond acceptors (Lipinski definition) is 7. The van der Waals surface area contributed by atoms with Crippen LogP contribution in [0.5, 0.6) is 5.75 Å². The Bertz CT molecular complexity index is 1240. The summed E-state index contributed by atoms with van der Waals surface area (Å²) >= 11 is 1.34. The lowest BCUT2D eigenvalue weighted by molar-refractivity contribution is 0.485. The molecule has 0 spiro atoms. The van der Waals surface area contributed by atoms with Gasteiger partial charge in [0.25, 0.3) is 5.56 Å². The summed E-state index contributed by atoms with van der Waals surface area (Å²) in [5.74, 6) is 0.433. The van der Waals surface area contributed by atoms with Crippen molar-refractivity contribution in [3.05, 3.63) is 60.0 Å². The van der Waals surface area contributed by atoms with Crippen LogP contribution in [0, 0.1) is 0 Å². The molecule has 3 aromatic heterocycles. The molecule has 0 fully saturated rings. The van der Waals surface area contributed by atoms with Gasteiger partial charge in [0.1, 0.15) is 15.9 Å². The Hall–Kier alpha value is -3.39. The van der Waals surface area contributed by atoms with Crippen molar-refractivity contribution in [1.29, 1.82) is 0 Å². The monoisotopic (exact) mass is 379 g/mol. The van der Waals surface area contributed by atoms with Crippen molar-refractivity contribution in [1.82, 2.24) is 14.5 Å². The zero-order valence-corrected chi connectivity index (χ0v) is 15.7. The maximum atomic E-state index is 13.1. The molecule has 7 nitrogen and oxygen atoms in total. The molecular formula is C19H17N5O2S. The molecule has 0 radical (unpaired) electrons. The standard InChI is InChI=1S/C19H17N5O2S/c1-4-26-14-9-11(5-6-12(14)20)24-10-22-16-15-13(23(2)3)7-8-21-18(15)27-17(16)19(24)25/h4-10H,1,20H2,2-3H3. The fourth-order valence-electron chi connectivity index (χ4n) is 2.96. The number of benzene rings is 1. The quantitative estimate of drug-likeness (QED) is 0.433. The van der Waals surface area contributed by atoms with Gasteiger partial charge in [-0.05, 0) is 18.2 Å². The first-order valence-corrected chi connectivity index (χ1v) is 8.96. The van der Waals surface area contributed by atoms with Gasteiger partial charge in [-0.25, -0.2) is 9.97 Å². The molecule has 1 aromatic carbocycles. The first-order valence-electron chi connectivity index (χ1n) is 8.15. The highest BCUT2D eigenvalue weighted by molar-refractivity contribution is 7.25. The van der Waals surface area contributed by atoms with Gasteiger partial charge in [0.05, 0.1) is 34.2 Å². The van der Waals surface area contributed by atoms with Crippen molar-refractivity contribution >= 4 is 43.1 Å². The third-order valence-corrected chi connectivity index (χ3v) is 5.30. The average molecular weight is 379 g/mol. The Morgan fingerprint density at radius 2 is 2.11 bits per heavy atom.